The zero-order valence-corrected chi connectivity index (χ0v) is 11.4. The number of fused-ring (bicyclic) bond motifs is 1. The average molecular weight is 279 g/mol. The number of para-hydroxylation sites is 2. The number of methoxy groups -OCH3 is 1. The number of hydrogen-bond acceptors (Lipinski definition) is 4. The Balaban J connectivity index is 1.94. The molecule has 3 rings (SSSR count). The van der Waals surface area contributed by atoms with Gasteiger partial charge in [0, 0.05) is 0 Å². The molecule has 0 N–H and O–H groups in total. The zero-order valence-electron chi connectivity index (χ0n) is 11.4. The van der Waals surface area contributed by atoms with Crippen LogP contribution in [-0.4, -0.2) is 12.1 Å². The summed E-state index contributed by atoms with van der Waals surface area (Å²) in [5.41, 5.74) is 1.93. The molecule has 1 aromatic heterocycles. The van der Waals surface area contributed by atoms with Gasteiger partial charge < -0.3 is 9.15 Å². The van der Waals surface area contributed by atoms with Crippen LogP contribution in [-0.2, 0) is 0 Å². The molecular formula is C17H13NO3. The lowest BCUT2D eigenvalue weighted by atomic mass is 10.2. The Hall–Kier alpha value is -2.88. The summed E-state index contributed by atoms with van der Waals surface area (Å²) in [5.74, 6) is 0.787. The topological polar surface area (TPSA) is 52.3 Å². The van der Waals surface area contributed by atoms with Crippen LogP contribution in [0.5, 0.6) is 5.75 Å². The first-order valence-corrected chi connectivity index (χ1v) is 6.48. The van der Waals surface area contributed by atoms with Crippen LogP contribution < -0.4 is 10.4 Å². The van der Waals surface area contributed by atoms with Gasteiger partial charge in [0.2, 0.25) is 0 Å². The van der Waals surface area contributed by atoms with Crippen molar-refractivity contribution in [2.24, 2.45) is 0 Å². The van der Waals surface area contributed by atoms with Crippen molar-refractivity contribution in [3.05, 3.63) is 70.2 Å². The van der Waals surface area contributed by atoms with Crippen LogP contribution in [0.2, 0.25) is 0 Å². The fourth-order valence-corrected chi connectivity index (χ4v) is 1.96. The molecule has 0 spiro atoms. The number of rotatable bonds is 3. The fourth-order valence-electron chi connectivity index (χ4n) is 1.96. The molecule has 0 aliphatic rings. The molecule has 2 aromatic carbocycles. The summed E-state index contributed by atoms with van der Waals surface area (Å²) < 4.78 is 10.3. The first-order valence-electron chi connectivity index (χ1n) is 6.48. The lowest BCUT2D eigenvalue weighted by Crippen LogP contribution is -2.05. The Morgan fingerprint density at radius 3 is 2.57 bits per heavy atom. The molecule has 4 nitrogen and oxygen atoms in total. The molecule has 4 heteroatoms. The van der Waals surface area contributed by atoms with Crippen molar-refractivity contribution in [3.63, 3.8) is 0 Å². The van der Waals surface area contributed by atoms with Gasteiger partial charge >= 0.3 is 5.63 Å². The van der Waals surface area contributed by atoms with Crippen molar-refractivity contribution in [2.75, 3.05) is 7.11 Å². The highest BCUT2D eigenvalue weighted by atomic mass is 16.5. The Morgan fingerprint density at radius 2 is 1.81 bits per heavy atom. The molecule has 0 bridgehead atoms. The molecular weight excluding hydrogens is 266 g/mol. The largest absolute Gasteiger partial charge is 0.497 e. The standard InChI is InChI=1S/C17H13NO3/c1-20-13-9-6-12(7-10-13)8-11-15-17(19)21-16-5-3-2-4-14(16)18-15/h2-11H,1H3/b11-8+. The van der Waals surface area contributed by atoms with E-state index in [2.05, 4.69) is 4.98 Å². The third kappa shape index (κ3) is 2.84. The molecule has 21 heavy (non-hydrogen) atoms. The van der Waals surface area contributed by atoms with Gasteiger partial charge in [0.25, 0.3) is 0 Å². The van der Waals surface area contributed by atoms with Crippen LogP contribution in [0.15, 0.2) is 57.7 Å². The number of aromatic nitrogens is 1. The Kier molecular flexibility index (Phi) is 3.51. The van der Waals surface area contributed by atoms with Crippen LogP contribution in [0.25, 0.3) is 23.3 Å². The fraction of sp³-hybridized carbons (Fsp3) is 0.0588. The maximum Gasteiger partial charge on any atom is 0.362 e. The lowest BCUT2D eigenvalue weighted by Gasteiger charge is -1.99. The van der Waals surface area contributed by atoms with Crippen LogP contribution >= 0.6 is 0 Å². The highest BCUT2D eigenvalue weighted by Gasteiger charge is 2.03. The van der Waals surface area contributed by atoms with Gasteiger partial charge in [-0.15, -0.1) is 0 Å². The molecule has 0 saturated carbocycles. The van der Waals surface area contributed by atoms with E-state index in [0.29, 0.717) is 11.1 Å². The van der Waals surface area contributed by atoms with Crippen molar-refractivity contribution < 1.29 is 9.15 Å². The smallest absolute Gasteiger partial charge is 0.362 e. The second-order valence-corrected chi connectivity index (χ2v) is 4.46. The lowest BCUT2D eigenvalue weighted by molar-refractivity contribution is 0.415. The quantitative estimate of drug-likeness (QED) is 0.737. The number of nitrogens with zero attached hydrogens (tertiary/aromatic N) is 1. The van der Waals surface area contributed by atoms with E-state index in [-0.39, 0.29) is 5.69 Å². The Morgan fingerprint density at radius 1 is 1.05 bits per heavy atom. The number of benzene rings is 2. The highest BCUT2D eigenvalue weighted by molar-refractivity contribution is 5.74. The van der Waals surface area contributed by atoms with E-state index in [0.717, 1.165) is 11.3 Å². The average Bonchev–Trinajstić information content (AvgIpc) is 2.53. The zero-order chi connectivity index (χ0) is 14.7. The summed E-state index contributed by atoms with van der Waals surface area (Å²) in [5, 5.41) is 0. The van der Waals surface area contributed by atoms with Crippen molar-refractivity contribution >= 4 is 23.3 Å². The van der Waals surface area contributed by atoms with E-state index >= 15 is 0 Å². The normalized spacial score (nSPS) is 11.1. The van der Waals surface area contributed by atoms with Crippen LogP contribution in [0, 0.1) is 0 Å². The number of hydrogen-bond donors (Lipinski definition) is 0. The van der Waals surface area contributed by atoms with E-state index < -0.39 is 5.63 Å². The minimum atomic E-state index is -0.446. The van der Waals surface area contributed by atoms with E-state index in [9.17, 15) is 4.79 Å². The van der Waals surface area contributed by atoms with Gasteiger partial charge in [-0.1, -0.05) is 30.3 Å². The van der Waals surface area contributed by atoms with Crippen LogP contribution in [0.3, 0.4) is 0 Å². The van der Waals surface area contributed by atoms with E-state index in [1.54, 1.807) is 25.3 Å². The van der Waals surface area contributed by atoms with E-state index in [1.807, 2.05) is 42.5 Å². The van der Waals surface area contributed by atoms with E-state index in [4.69, 9.17) is 9.15 Å². The van der Waals surface area contributed by atoms with Crippen molar-refractivity contribution in [3.8, 4) is 5.75 Å². The Labute approximate surface area is 121 Å². The third-order valence-electron chi connectivity index (χ3n) is 3.07. The summed E-state index contributed by atoms with van der Waals surface area (Å²) >= 11 is 0. The van der Waals surface area contributed by atoms with Gasteiger partial charge in [0.1, 0.15) is 17.0 Å². The van der Waals surface area contributed by atoms with Crippen molar-refractivity contribution in [1.82, 2.24) is 4.98 Å². The van der Waals surface area contributed by atoms with Crippen LogP contribution in [0.1, 0.15) is 11.3 Å². The van der Waals surface area contributed by atoms with E-state index in [1.165, 1.54) is 0 Å². The molecule has 1 heterocycles. The summed E-state index contributed by atoms with van der Waals surface area (Å²) in [6, 6.07) is 14.7. The van der Waals surface area contributed by atoms with Gasteiger partial charge in [-0.25, -0.2) is 9.78 Å². The summed E-state index contributed by atoms with van der Waals surface area (Å²) in [7, 11) is 1.62. The molecule has 0 fully saturated rings. The monoisotopic (exact) mass is 279 g/mol. The molecule has 0 aliphatic carbocycles. The molecule has 0 radical (unpaired) electrons. The third-order valence-corrected chi connectivity index (χ3v) is 3.07. The summed E-state index contributed by atoms with van der Waals surface area (Å²) in [4.78, 5) is 16.2. The molecule has 3 aromatic rings. The molecule has 0 amide bonds. The number of ether oxygens (including phenoxy) is 1. The van der Waals surface area contributed by atoms with Gasteiger partial charge in [-0.3, -0.25) is 0 Å². The molecule has 104 valence electrons. The molecule has 0 aliphatic heterocycles. The van der Waals surface area contributed by atoms with Crippen molar-refractivity contribution in [2.45, 2.75) is 0 Å². The molecule has 0 saturated heterocycles. The molecule has 0 unspecified atom stereocenters. The minimum absolute atomic E-state index is 0.282. The summed E-state index contributed by atoms with van der Waals surface area (Å²) in [6.07, 6.45) is 3.47. The first kappa shape index (κ1) is 13.1. The van der Waals surface area contributed by atoms with Crippen LogP contribution in [0.4, 0.5) is 0 Å². The summed E-state index contributed by atoms with van der Waals surface area (Å²) in [6.45, 7) is 0. The second-order valence-electron chi connectivity index (χ2n) is 4.46. The minimum Gasteiger partial charge on any atom is -0.497 e. The van der Waals surface area contributed by atoms with Crippen molar-refractivity contribution in [1.29, 1.82) is 0 Å². The Bertz CT molecular complexity index is 848. The SMILES string of the molecule is COc1ccc(/C=C/c2nc3ccccc3oc2=O)cc1. The maximum absolute atomic E-state index is 11.9. The first-order chi connectivity index (χ1) is 10.3. The van der Waals surface area contributed by atoms with Gasteiger partial charge in [-0.2, -0.15) is 0 Å². The maximum atomic E-state index is 11.9. The van der Waals surface area contributed by atoms with Gasteiger partial charge in [0.15, 0.2) is 5.58 Å². The van der Waals surface area contributed by atoms with Gasteiger partial charge in [0.05, 0.1) is 7.11 Å². The van der Waals surface area contributed by atoms with Gasteiger partial charge in [-0.05, 0) is 35.9 Å². The highest BCUT2D eigenvalue weighted by Crippen LogP contribution is 2.14. The predicted molar refractivity (Wildman–Crippen MR) is 82.2 cm³/mol. The predicted octanol–water partition coefficient (Wildman–Crippen LogP) is 3.37. The second kappa shape index (κ2) is 5.63. The molecule has 0 atom stereocenters.